The number of ether oxygens (including phenoxy) is 10. The highest BCUT2D eigenvalue weighted by Gasteiger charge is 2.50. The van der Waals surface area contributed by atoms with Crippen LogP contribution in [0.4, 0.5) is 0 Å². The predicted octanol–water partition coefficient (Wildman–Crippen LogP) is -1.24. The van der Waals surface area contributed by atoms with Crippen molar-refractivity contribution in [1.82, 2.24) is 0 Å². The molecule has 6 rings (SSSR count). The fraction of sp³-hybridized carbons (Fsp3) is 0.636. The van der Waals surface area contributed by atoms with E-state index in [-0.39, 0.29) is 40.9 Å². The largest absolute Gasteiger partial charge is 0.493 e. The molecular weight excluding hydrogens is 668 g/mol. The highest BCUT2D eigenvalue weighted by molar-refractivity contribution is 5.55. The summed E-state index contributed by atoms with van der Waals surface area (Å²) in [7, 11) is 5.60. The van der Waals surface area contributed by atoms with Crippen molar-refractivity contribution in [3.63, 3.8) is 0 Å². The van der Waals surface area contributed by atoms with Crippen LogP contribution < -0.4 is 23.7 Å². The van der Waals surface area contributed by atoms with Gasteiger partial charge in [0.1, 0.15) is 42.7 Å². The van der Waals surface area contributed by atoms with Crippen molar-refractivity contribution in [2.45, 2.75) is 73.8 Å². The molecule has 0 unspecified atom stereocenters. The van der Waals surface area contributed by atoms with Gasteiger partial charge in [-0.2, -0.15) is 0 Å². The first-order valence-electron chi connectivity index (χ1n) is 16.1. The van der Waals surface area contributed by atoms with E-state index >= 15 is 0 Å². The van der Waals surface area contributed by atoms with Gasteiger partial charge in [-0.25, -0.2) is 0 Å². The number of benzene rings is 2. The topological polar surface area (TPSA) is 234 Å². The summed E-state index contributed by atoms with van der Waals surface area (Å²) in [4.78, 5) is 0. The number of hydrogen-bond donors (Lipinski definition) is 7. The molecule has 0 saturated carbocycles. The minimum Gasteiger partial charge on any atom is -0.493 e. The van der Waals surface area contributed by atoms with E-state index in [1.807, 2.05) is 0 Å². The Balaban J connectivity index is 1.18. The fourth-order valence-electron chi connectivity index (χ4n) is 6.89. The second kappa shape index (κ2) is 15.3. The van der Waals surface area contributed by atoms with Gasteiger partial charge in [0.2, 0.25) is 18.3 Å². The summed E-state index contributed by atoms with van der Waals surface area (Å²) in [5, 5.41) is 71.1. The third-order valence-electron chi connectivity index (χ3n) is 9.68. The number of rotatable bonds is 11. The highest BCUT2D eigenvalue weighted by Crippen LogP contribution is 2.53. The zero-order chi connectivity index (χ0) is 35.9. The van der Waals surface area contributed by atoms with Crippen LogP contribution in [-0.2, 0) is 23.7 Å². The normalized spacial score (nSPS) is 38.4. The molecule has 0 aliphatic carbocycles. The minimum absolute atomic E-state index is 0.0560. The van der Waals surface area contributed by atoms with Crippen molar-refractivity contribution in [2.75, 3.05) is 48.3 Å². The molecule has 17 heteroatoms. The van der Waals surface area contributed by atoms with Crippen LogP contribution in [0.25, 0.3) is 0 Å². The van der Waals surface area contributed by atoms with Gasteiger partial charge in [0.25, 0.3) is 0 Å². The predicted molar refractivity (Wildman–Crippen MR) is 166 cm³/mol. The number of hydrogen-bond acceptors (Lipinski definition) is 17. The lowest BCUT2D eigenvalue weighted by Crippen LogP contribution is -2.60. The number of aliphatic hydroxyl groups is 7. The van der Waals surface area contributed by atoms with Crippen LogP contribution in [-0.4, -0.2) is 146 Å². The Labute approximate surface area is 287 Å². The molecule has 4 aliphatic rings. The van der Waals surface area contributed by atoms with Gasteiger partial charge < -0.3 is 83.1 Å². The molecule has 0 spiro atoms. The van der Waals surface area contributed by atoms with E-state index < -0.39 is 74.3 Å². The summed E-state index contributed by atoms with van der Waals surface area (Å²) < 4.78 is 57.3. The van der Waals surface area contributed by atoms with E-state index in [0.717, 1.165) is 11.1 Å². The molecule has 50 heavy (non-hydrogen) atoms. The maximum absolute atomic E-state index is 10.5. The molecule has 2 aromatic rings. The molecule has 278 valence electrons. The van der Waals surface area contributed by atoms with Crippen LogP contribution in [0.2, 0.25) is 0 Å². The quantitative estimate of drug-likeness (QED) is 0.144. The first-order valence-corrected chi connectivity index (χ1v) is 16.1. The monoisotopic (exact) mass is 712 g/mol. The van der Waals surface area contributed by atoms with Crippen LogP contribution >= 0.6 is 0 Å². The summed E-state index contributed by atoms with van der Waals surface area (Å²) in [6, 6.07) is 8.59. The lowest BCUT2D eigenvalue weighted by molar-refractivity contribution is -0.327. The second-order valence-electron chi connectivity index (χ2n) is 12.5. The summed E-state index contributed by atoms with van der Waals surface area (Å²) in [6.07, 6.45) is -15.3. The van der Waals surface area contributed by atoms with Gasteiger partial charge in [-0.15, -0.1) is 0 Å². The Morgan fingerprint density at radius 3 is 1.66 bits per heavy atom. The van der Waals surface area contributed by atoms with E-state index in [2.05, 4.69) is 0 Å². The summed E-state index contributed by atoms with van der Waals surface area (Å²) in [5.41, 5.74) is 1.50. The molecule has 4 aliphatic heterocycles. The van der Waals surface area contributed by atoms with E-state index in [1.165, 1.54) is 28.4 Å². The smallest absolute Gasteiger partial charge is 0.231 e. The standard InChI is InChI=1S/C33H44O17/c1-41-18-7-13(5-6-17(18)47-32-26(39)23(36)22(35)21(10-34)48-32)28-15-11-46-29(16(15)12-45-28)14-8-19(42-2)30(20(9-14)43-3)49-33-27(40)24(37)25(38)31(44-4)50-33/h5-9,15-16,21-29,31-40H,10-12H2,1-4H3/t15-,16-,21+,22+,23-,24-,25-,26+,27+,28+,29+,31-,32+,33+/m0/s1. The average molecular weight is 713 g/mol. The zero-order valence-electron chi connectivity index (χ0n) is 27.8. The molecule has 4 heterocycles. The van der Waals surface area contributed by atoms with Gasteiger partial charge in [-0.1, -0.05) is 6.07 Å². The van der Waals surface area contributed by atoms with E-state index in [1.54, 1.807) is 30.3 Å². The van der Waals surface area contributed by atoms with E-state index in [4.69, 9.17) is 47.4 Å². The molecule has 4 saturated heterocycles. The van der Waals surface area contributed by atoms with Gasteiger partial charge in [0, 0.05) is 18.9 Å². The second-order valence-corrected chi connectivity index (χ2v) is 12.5. The zero-order valence-corrected chi connectivity index (χ0v) is 27.8. The van der Waals surface area contributed by atoms with Crippen LogP contribution in [0.15, 0.2) is 30.3 Å². The van der Waals surface area contributed by atoms with Crippen LogP contribution in [0.5, 0.6) is 28.7 Å². The molecule has 0 bridgehead atoms. The summed E-state index contributed by atoms with van der Waals surface area (Å²) in [6.45, 7) is 0.151. The first-order chi connectivity index (χ1) is 24.0. The molecule has 17 nitrogen and oxygen atoms in total. The van der Waals surface area contributed by atoms with Gasteiger partial charge in [0.15, 0.2) is 29.3 Å². The van der Waals surface area contributed by atoms with Gasteiger partial charge in [-0.05, 0) is 35.4 Å². The van der Waals surface area contributed by atoms with Gasteiger partial charge in [-0.3, -0.25) is 0 Å². The van der Waals surface area contributed by atoms with Crippen molar-refractivity contribution < 1.29 is 83.1 Å². The lowest BCUT2D eigenvalue weighted by atomic mass is 9.84. The van der Waals surface area contributed by atoms with Crippen molar-refractivity contribution in [3.8, 4) is 28.7 Å². The maximum Gasteiger partial charge on any atom is 0.231 e. The number of aliphatic hydroxyl groups excluding tert-OH is 7. The number of fused-ring (bicyclic) bond motifs is 1. The van der Waals surface area contributed by atoms with Crippen molar-refractivity contribution in [1.29, 1.82) is 0 Å². The average Bonchev–Trinajstić information content (AvgIpc) is 3.75. The molecule has 0 aromatic heterocycles. The molecule has 4 fully saturated rings. The fourth-order valence-corrected chi connectivity index (χ4v) is 6.89. The molecule has 14 atom stereocenters. The molecule has 0 amide bonds. The molecule has 2 aromatic carbocycles. The Morgan fingerprint density at radius 2 is 1.10 bits per heavy atom. The SMILES string of the molecule is COc1cc([C@H]2OC[C@H]3[C@@H]2CO[C@@H]3c2cc(OC)c(O[C@@H]3O[C@H](OC)[C@@H](O)[C@H](O)[C@H]3O)c(OC)c2)ccc1O[C@@H]1O[C@H](CO)[C@@H](O)[C@H](O)[C@H]1O. The van der Waals surface area contributed by atoms with E-state index in [9.17, 15) is 35.7 Å². The third kappa shape index (κ3) is 6.69. The Hall–Kier alpha value is -3.04. The number of methoxy groups -OCH3 is 4. The minimum atomic E-state index is -1.61. The van der Waals surface area contributed by atoms with Crippen LogP contribution in [0.1, 0.15) is 23.3 Å². The Morgan fingerprint density at radius 1 is 0.580 bits per heavy atom. The van der Waals surface area contributed by atoms with Crippen molar-refractivity contribution >= 4 is 0 Å². The van der Waals surface area contributed by atoms with Gasteiger partial charge in [0.05, 0.1) is 53.4 Å². The van der Waals surface area contributed by atoms with E-state index in [0.29, 0.717) is 19.0 Å². The maximum atomic E-state index is 10.5. The summed E-state index contributed by atoms with van der Waals surface area (Å²) >= 11 is 0. The molecule has 7 N–H and O–H groups in total. The molecule has 0 radical (unpaired) electrons. The summed E-state index contributed by atoms with van der Waals surface area (Å²) in [5.74, 6) is 0.956. The van der Waals surface area contributed by atoms with Gasteiger partial charge >= 0.3 is 0 Å². The molecular formula is C33H44O17. The van der Waals surface area contributed by atoms with Crippen LogP contribution in [0, 0.1) is 11.8 Å². The van der Waals surface area contributed by atoms with Crippen molar-refractivity contribution in [3.05, 3.63) is 41.5 Å². The Bertz CT molecular complexity index is 1430. The third-order valence-corrected chi connectivity index (χ3v) is 9.68. The first kappa shape index (κ1) is 36.7. The van der Waals surface area contributed by atoms with Crippen molar-refractivity contribution in [2.24, 2.45) is 11.8 Å². The highest BCUT2D eigenvalue weighted by atomic mass is 16.8. The van der Waals surface area contributed by atoms with Crippen LogP contribution in [0.3, 0.4) is 0 Å². The Kier molecular flexibility index (Phi) is 11.2. The lowest BCUT2D eigenvalue weighted by Gasteiger charge is -2.39.